The minimum atomic E-state index is -0.236. The molecular formula is C21H23N7O4S. The number of carbonyl (C=O) groups is 1. The van der Waals surface area contributed by atoms with E-state index in [1.165, 1.54) is 28.5 Å². The van der Waals surface area contributed by atoms with E-state index < -0.39 is 0 Å². The number of nitrogens with one attached hydrogen (secondary N) is 1. The molecule has 33 heavy (non-hydrogen) atoms. The zero-order chi connectivity index (χ0) is 23.4. The first-order valence-corrected chi connectivity index (χ1v) is 10.7. The Hall–Kier alpha value is -3.77. The number of thiazole rings is 1. The summed E-state index contributed by atoms with van der Waals surface area (Å²) in [7, 11) is 7.07. The minimum absolute atomic E-state index is 0.0154. The zero-order valence-electron chi connectivity index (χ0n) is 18.6. The number of benzene rings is 1. The lowest BCUT2D eigenvalue weighted by Crippen LogP contribution is -2.18. The fourth-order valence-corrected chi connectivity index (χ4v) is 4.04. The van der Waals surface area contributed by atoms with Gasteiger partial charge in [-0.2, -0.15) is 5.10 Å². The van der Waals surface area contributed by atoms with Crippen LogP contribution in [0, 0.1) is 0 Å². The number of carbonyl (C=O) groups excluding carboxylic acids is 1. The smallest absolute Gasteiger partial charge is 0.247 e. The van der Waals surface area contributed by atoms with E-state index >= 15 is 0 Å². The molecular weight excluding hydrogens is 446 g/mol. The molecule has 4 aromatic rings. The molecule has 0 aliphatic heterocycles. The molecule has 1 amide bonds. The molecule has 0 aliphatic carbocycles. The van der Waals surface area contributed by atoms with Gasteiger partial charge in [-0.3, -0.25) is 9.48 Å². The van der Waals surface area contributed by atoms with Crippen LogP contribution in [0.5, 0.6) is 23.1 Å². The first-order valence-electron chi connectivity index (χ1n) is 9.91. The average molecular weight is 470 g/mol. The maximum Gasteiger partial charge on any atom is 0.247 e. The molecule has 3 aromatic heterocycles. The van der Waals surface area contributed by atoms with Crippen molar-refractivity contribution in [3.8, 4) is 23.1 Å². The van der Waals surface area contributed by atoms with E-state index in [0.717, 1.165) is 11.4 Å². The molecule has 0 unspecified atom stereocenters. The van der Waals surface area contributed by atoms with Crippen molar-refractivity contribution < 1.29 is 19.0 Å². The molecule has 0 saturated heterocycles. The number of anilines is 1. The van der Waals surface area contributed by atoms with Gasteiger partial charge in [-0.25, -0.2) is 15.0 Å². The van der Waals surface area contributed by atoms with Crippen LogP contribution in [0.25, 0.3) is 10.9 Å². The molecule has 0 aliphatic rings. The van der Waals surface area contributed by atoms with Gasteiger partial charge in [0.2, 0.25) is 11.8 Å². The minimum Gasteiger partial charge on any atom is -0.493 e. The van der Waals surface area contributed by atoms with Gasteiger partial charge in [-0.15, -0.1) is 11.3 Å². The van der Waals surface area contributed by atoms with Gasteiger partial charge in [0.1, 0.15) is 12.9 Å². The maximum absolute atomic E-state index is 12.4. The molecule has 0 bridgehead atoms. The van der Waals surface area contributed by atoms with E-state index in [2.05, 4.69) is 25.4 Å². The van der Waals surface area contributed by atoms with Crippen LogP contribution in [0.2, 0.25) is 0 Å². The number of amides is 1. The topological polar surface area (TPSA) is 117 Å². The van der Waals surface area contributed by atoms with E-state index in [1.807, 2.05) is 19.0 Å². The van der Waals surface area contributed by atoms with Crippen molar-refractivity contribution >= 4 is 33.3 Å². The second kappa shape index (κ2) is 9.79. The van der Waals surface area contributed by atoms with Crippen LogP contribution in [0.1, 0.15) is 4.88 Å². The van der Waals surface area contributed by atoms with E-state index in [4.69, 9.17) is 14.2 Å². The van der Waals surface area contributed by atoms with Gasteiger partial charge in [-0.05, 0) is 20.2 Å². The van der Waals surface area contributed by atoms with Crippen molar-refractivity contribution in [3.05, 3.63) is 41.9 Å². The van der Waals surface area contributed by atoms with E-state index in [0.29, 0.717) is 39.2 Å². The van der Waals surface area contributed by atoms with Crippen molar-refractivity contribution in [2.75, 3.05) is 33.6 Å². The summed E-state index contributed by atoms with van der Waals surface area (Å²) in [5, 5.41) is 8.20. The van der Waals surface area contributed by atoms with Crippen LogP contribution in [-0.4, -0.2) is 63.9 Å². The summed E-state index contributed by atoms with van der Waals surface area (Å²) in [4.78, 5) is 28.2. The Morgan fingerprint density at radius 1 is 1.12 bits per heavy atom. The summed E-state index contributed by atoms with van der Waals surface area (Å²) >= 11 is 1.44. The fraction of sp³-hybridized carbons (Fsp3) is 0.286. The van der Waals surface area contributed by atoms with Crippen molar-refractivity contribution in [2.24, 2.45) is 0 Å². The predicted molar refractivity (Wildman–Crippen MR) is 123 cm³/mol. The Morgan fingerprint density at radius 3 is 2.67 bits per heavy atom. The molecule has 0 spiro atoms. The highest BCUT2D eigenvalue weighted by molar-refractivity contribution is 7.15. The largest absolute Gasteiger partial charge is 0.493 e. The van der Waals surface area contributed by atoms with Gasteiger partial charge in [0, 0.05) is 23.7 Å². The van der Waals surface area contributed by atoms with Crippen LogP contribution in [0.4, 0.5) is 5.13 Å². The highest BCUT2D eigenvalue weighted by atomic mass is 32.1. The van der Waals surface area contributed by atoms with Crippen LogP contribution in [0.15, 0.2) is 37.1 Å². The lowest BCUT2D eigenvalue weighted by atomic mass is 10.2. The number of fused-ring (bicyclic) bond motifs is 1. The molecule has 172 valence electrons. The molecule has 0 fully saturated rings. The normalized spacial score (nSPS) is 11.1. The van der Waals surface area contributed by atoms with Gasteiger partial charge in [0.15, 0.2) is 22.4 Å². The van der Waals surface area contributed by atoms with Gasteiger partial charge in [0.05, 0.1) is 37.5 Å². The average Bonchev–Trinajstić information content (AvgIpc) is 3.41. The number of methoxy groups -OCH3 is 2. The lowest BCUT2D eigenvalue weighted by Gasteiger charge is -2.10. The summed E-state index contributed by atoms with van der Waals surface area (Å²) in [6.45, 7) is 0.783. The molecule has 0 saturated carbocycles. The van der Waals surface area contributed by atoms with Crippen molar-refractivity contribution in [3.63, 3.8) is 0 Å². The monoisotopic (exact) mass is 469 g/mol. The molecule has 0 atom stereocenters. The summed E-state index contributed by atoms with van der Waals surface area (Å²) in [5.41, 5.74) is 0.640. The number of nitrogens with zero attached hydrogens (tertiary/aromatic N) is 6. The van der Waals surface area contributed by atoms with Gasteiger partial charge < -0.3 is 24.4 Å². The molecule has 12 heteroatoms. The standard InChI is InChI=1S/C21H23N7O4S/c1-27(2)10-14-8-22-21(33-14)26-19(29)11-28-9-13(7-25-28)32-20-15-5-17(30-3)18(31-4)6-16(15)23-12-24-20/h5-9,12H,10-11H2,1-4H3,(H,22,26,29). The summed E-state index contributed by atoms with van der Waals surface area (Å²) < 4.78 is 18.1. The van der Waals surface area contributed by atoms with Crippen LogP contribution in [0.3, 0.4) is 0 Å². The Labute approximate surface area is 194 Å². The van der Waals surface area contributed by atoms with Crippen molar-refractivity contribution in [2.45, 2.75) is 13.1 Å². The Bertz CT molecular complexity index is 1270. The quantitative estimate of drug-likeness (QED) is 0.395. The predicted octanol–water partition coefficient (Wildman–Crippen LogP) is 2.79. The zero-order valence-corrected chi connectivity index (χ0v) is 19.4. The van der Waals surface area contributed by atoms with Gasteiger partial charge >= 0.3 is 0 Å². The third kappa shape index (κ3) is 5.35. The third-order valence-corrected chi connectivity index (χ3v) is 5.40. The fourth-order valence-electron chi connectivity index (χ4n) is 3.09. The van der Waals surface area contributed by atoms with Crippen LogP contribution in [-0.2, 0) is 17.9 Å². The van der Waals surface area contributed by atoms with Gasteiger partial charge in [-0.1, -0.05) is 0 Å². The molecule has 3 heterocycles. The highest BCUT2D eigenvalue weighted by Crippen LogP contribution is 2.35. The number of hydrogen-bond donors (Lipinski definition) is 1. The first-order chi connectivity index (χ1) is 15.9. The molecule has 11 nitrogen and oxygen atoms in total. The summed E-state index contributed by atoms with van der Waals surface area (Å²) in [6, 6.07) is 3.50. The third-order valence-electron chi connectivity index (χ3n) is 4.51. The maximum atomic E-state index is 12.4. The summed E-state index contributed by atoms with van der Waals surface area (Å²) in [6.07, 6.45) is 6.30. The molecule has 4 rings (SSSR count). The van der Waals surface area contributed by atoms with Crippen molar-refractivity contribution in [1.82, 2.24) is 29.6 Å². The number of hydrogen-bond acceptors (Lipinski definition) is 10. The van der Waals surface area contributed by atoms with Crippen LogP contribution >= 0.6 is 11.3 Å². The number of aromatic nitrogens is 5. The lowest BCUT2D eigenvalue weighted by molar-refractivity contribution is -0.116. The second-order valence-electron chi connectivity index (χ2n) is 7.30. The Balaban J connectivity index is 1.44. The van der Waals surface area contributed by atoms with E-state index in [1.54, 1.807) is 38.7 Å². The molecule has 0 radical (unpaired) electrons. The SMILES string of the molecule is COc1cc2ncnc(Oc3cnn(CC(=O)Nc4ncc(CN(C)C)s4)c3)c2cc1OC. The van der Waals surface area contributed by atoms with E-state index in [-0.39, 0.29) is 12.5 Å². The second-order valence-corrected chi connectivity index (χ2v) is 8.41. The Morgan fingerprint density at radius 2 is 1.91 bits per heavy atom. The van der Waals surface area contributed by atoms with Crippen molar-refractivity contribution in [1.29, 1.82) is 0 Å². The first kappa shape index (κ1) is 22.4. The molecule has 1 aromatic carbocycles. The number of rotatable bonds is 9. The number of ether oxygens (including phenoxy) is 3. The van der Waals surface area contributed by atoms with Crippen LogP contribution < -0.4 is 19.5 Å². The Kier molecular flexibility index (Phi) is 6.66. The highest BCUT2D eigenvalue weighted by Gasteiger charge is 2.14. The van der Waals surface area contributed by atoms with E-state index in [9.17, 15) is 4.79 Å². The summed E-state index contributed by atoms with van der Waals surface area (Å²) in [5.74, 6) is 1.62. The van der Waals surface area contributed by atoms with Gasteiger partial charge in [0.25, 0.3) is 0 Å². The molecule has 1 N–H and O–H groups in total.